The molecule has 1 rings (SSSR count). The normalized spacial score (nSPS) is 10.4. The van der Waals surface area contributed by atoms with E-state index in [-0.39, 0.29) is 6.07 Å². The Morgan fingerprint density at radius 1 is 1.00 bits per heavy atom. The molecule has 0 atom stereocenters. The summed E-state index contributed by atoms with van der Waals surface area (Å²) in [6.07, 6.45) is 1.33. The summed E-state index contributed by atoms with van der Waals surface area (Å²) in [4.78, 5) is -0.632. The maximum atomic E-state index is 12.6. The summed E-state index contributed by atoms with van der Waals surface area (Å²) in [5, 5.41) is 0. The lowest BCUT2D eigenvalue weighted by Crippen LogP contribution is -1.96. The Balaban J connectivity index is 3.42. The van der Waals surface area contributed by atoms with Crippen molar-refractivity contribution in [2.24, 2.45) is 0 Å². The molecule has 0 spiro atoms. The zero-order valence-electron chi connectivity index (χ0n) is 6.00. The zero-order valence-corrected chi connectivity index (χ0v) is 6.81. The third kappa shape index (κ3) is 1.41. The van der Waals surface area contributed by atoms with Crippen molar-refractivity contribution in [3.63, 3.8) is 0 Å². The second kappa shape index (κ2) is 3.35. The Labute approximate surface area is 70.6 Å². The molecule has 0 aliphatic rings. The predicted octanol–water partition coefficient (Wildman–Crippen LogP) is 2.96. The highest BCUT2D eigenvalue weighted by Crippen LogP contribution is 2.26. The first-order valence-corrected chi connectivity index (χ1v) is 4.17. The Morgan fingerprint density at radius 3 is 1.75 bits per heavy atom. The summed E-state index contributed by atoms with van der Waals surface area (Å²) in [6.45, 7) is 0. The Hall–Kier alpha value is -0.710. The quantitative estimate of drug-likeness (QED) is 0.378. The van der Waals surface area contributed by atoms with Crippen LogP contribution >= 0.6 is 11.8 Å². The molecule has 0 heterocycles. The third-order valence-electron chi connectivity index (χ3n) is 1.28. The van der Waals surface area contributed by atoms with Crippen molar-refractivity contribution in [1.29, 1.82) is 0 Å². The van der Waals surface area contributed by atoms with Gasteiger partial charge in [0.2, 0.25) is 0 Å². The van der Waals surface area contributed by atoms with Gasteiger partial charge in [0.25, 0.3) is 0 Å². The number of hydrogen-bond donors (Lipinski definition) is 0. The van der Waals surface area contributed by atoms with Gasteiger partial charge in [0.05, 0.1) is 4.90 Å². The summed E-state index contributed by atoms with van der Waals surface area (Å²) >= 11 is 0.620. The highest BCUT2D eigenvalue weighted by atomic mass is 32.2. The SMILES string of the molecule is CSc1c(F)c(F)cc(F)c1F. The maximum absolute atomic E-state index is 12.6. The van der Waals surface area contributed by atoms with E-state index in [4.69, 9.17) is 0 Å². The van der Waals surface area contributed by atoms with Crippen LogP contribution < -0.4 is 0 Å². The maximum Gasteiger partial charge on any atom is 0.175 e. The van der Waals surface area contributed by atoms with E-state index in [9.17, 15) is 17.6 Å². The van der Waals surface area contributed by atoms with Crippen molar-refractivity contribution in [1.82, 2.24) is 0 Å². The summed E-state index contributed by atoms with van der Waals surface area (Å²) in [5.41, 5.74) is 0. The van der Waals surface area contributed by atoms with Gasteiger partial charge in [0.15, 0.2) is 23.3 Å². The average molecular weight is 196 g/mol. The summed E-state index contributed by atoms with van der Waals surface area (Å²) in [6, 6.07) is 0.185. The van der Waals surface area contributed by atoms with Crippen molar-refractivity contribution in [2.45, 2.75) is 4.90 Å². The van der Waals surface area contributed by atoms with E-state index in [0.717, 1.165) is 0 Å². The van der Waals surface area contributed by atoms with Crippen molar-refractivity contribution in [3.05, 3.63) is 29.3 Å². The van der Waals surface area contributed by atoms with Gasteiger partial charge in [0, 0.05) is 6.07 Å². The Morgan fingerprint density at radius 2 is 1.42 bits per heavy atom. The third-order valence-corrected chi connectivity index (χ3v) is 2.04. The van der Waals surface area contributed by atoms with Crippen LogP contribution in [0.15, 0.2) is 11.0 Å². The summed E-state index contributed by atoms with van der Waals surface area (Å²) in [5.74, 6) is -5.45. The number of hydrogen-bond acceptors (Lipinski definition) is 1. The van der Waals surface area contributed by atoms with Crippen molar-refractivity contribution in [3.8, 4) is 0 Å². The van der Waals surface area contributed by atoms with Crippen LogP contribution in [-0.4, -0.2) is 6.26 Å². The molecule has 1 aromatic carbocycles. The number of thioether (sulfide) groups is 1. The molecular weight excluding hydrogens is 192 g/mol. The van der Waals surface area contributed by atoms with Crippen LogP contribution in [0.2, 0.25) is 0 Å². The van der Waals surface area contributed by atoms with E-state index in [2.05, 4.69) is 0 Å². The van der Waals surface area contributed by atoms with Gasteiger partial charge in [0.1, 0.15) is 0 Å². The van der Waals surface area contributed by atoms with Crippen molar-refractivity contribution < 1.29 is 17.6 Å². The van der Waals surface area contributed by atoms with Gasteiger partial charge in [-0.1, -0.05) is 0 Å². The molecule has 0 aliphatic carbocycles. The summed E-state index contributed by atoms with van der Waals surface area (Å²) in [7, 11) is 0. The molecule has 0 aromatic heterocycles. The Bertz CT molecular complexity index is 285. The fourth-order valence-electron chi connectivity index (χ4n) is 0.730. The molecule has 0 unspecified atom stereocenters. The van der Waals surface area contributed by atoms with Gasteiger partial charge < -0.3 is 0 Å². The topological polar surface area (TPSA) is 0 Å². The molecular formula is C7H4F4S. The molecule has 66 valence electrons. The van der Waals surface area contributed by atoms with Crippen LogP contribution in [0.4, 0.5) is 17.6 Å². The van der Waals surface area contributed by atoms with E-state index < -0.39 is 28.2 Å². The summed E-state index contributed by atoms with van der Waals surface area (Å²) < 4.78 is 50.1. The molecule has 0 amide bonds. The first-order chi connectivity index (χ1) is 5.57. The molecule has 1 aromatic rings. The molecule has 0 N–H and O–H groups in total. The van der Waals surface area contributed by atoms with E-state index in [0.29, 0.717) is 11.8 Å². The Kier molecular flexibility index (Phi) is 2.62. The van der Waals surface area contributed by atoms with Crippen LogP contribution in [0.25, 0.3) is 0 Å². The number of halogens is 4. The van der Waals surface area contributed by atoms with Gasteiger partial charge in [-0.15, -0.1) is 11.8 Å². The standard InChI is InChI=1S/C7H4F4S/c1-12-7-5(10)3(8)2-4(9)6(7)11/h2H,1H3. The second-order valence-electron chi connectivity index (χ2n) is 2.00. The predicted molar refractivity (Wildman–Crippen MR) is 38.1 cm³/mol. The van der Waals surface area contributed by atoms with Crippen LogP contribution in [0.1, 0.15) is 0 Å². The minimum atomic E-state index is -1.38. The lowest BCUT2D eigenvalue weighted by molar-refractivity contribution is 0.426. The largest absolute Gasteiger partial charge is 0.204 e. The van der Waals surface area contributed by atoms with Crippen molar-refractivity contribution in [2.75, 3.05) is 6.26 Å². The fraction of sp³-hybridized carbons (Fsp3) is 0.143. The minimum Gasteiger partial charge on any atom is -0.204 e. The smallest absolute Gasteiger partial charge is 0.175 e. The van der Waals surface area contributed by atoms with Crippen LogP contribution in [-0.2, 0) is 0 Å². The molecule has 0 saturated carbocycles. The lowest BCUT2D eigenvalue weighted by Gasteiger charge is -2.02. The first kappa shape index (κ1) is 9.38. The zero-order chi connectivity index (χ0) is 9.30. The molecule has 5 heteroatoms. The lowest BCUT2D eigenvalue weighted by atomic mass is 10.3. The minimum absolute atomic E-state index is 0.185. The van der Waals surface area contributed by atoms with Crippen molar-refractivity contribution >= 4 is 11.8 Å². The van der Waals surface area contributed by atoms with E-state index in [1.54, 1.807) is 0 Å². The fourth-order valence-corrected chi connectivity index (χ4v) is 1.28. The molecule has 0 nitrogen and oxygen atoms in total. The van der Waals surface area contributed by atoms with Crippen LogP contribution in [0.5, 0.6) is 0 Å². The van der Waals surface area contributed by atoms with Gasteiger partial charge in [-0.05, 0) is 6.26 Å². The van der Waals surface area contributed by atoms with Gasteiger partial charge in [-0.3, -0.25) is 0 Å². The number of rotatable bonds is 1. The van der Waals surface area contributed by atoms with Gasteiger partial charge in [-0.2, -0.15) is 0 Å². The second-order valence-corrected chi connectivity index (χ2v) is 2.82. The van der Waals surface area contributed by atoms with Gasteiger partial charge in [-0.25, -0.2) is 17.6 Å². The average Bonchev–Trinajstić information content (AvgIpc) is 2.02. The highest BCUT2D eigenvalue weighted by Gasteiger charge is 2.17. The number of benzene rings is 1. The molecule has 12 heavy (non-hydrogen) atoms. The molecule has 0 bridgehead atoms. The first-order valence-electron chi connectivity index (χ1n) is 2.95. The molecule has 0 radical (unpaired) electrons. The highest BCUT2D eigenvalue weighted by molar-refractivity contribution is 7.98. The van der Waals surface area contributed by atoms with E-state index in [1.165, 1.54) is 6.26 Å². The molecule has 0 fully saturated rings. The monoisotopic (exact) mass is 196 g/mol. The van der Waals surface area contributed by atoms with Crippen LogP contribution in [0.3, 0.4) is 0 Å². The molecule has 0 saturated heterocycles. The van der Waals surface area contributed by atoms with Gasteiger partial charge >= 0.3 is 0 Å². The van der Waals surface area contributed by atoms with E-state index in [1.807, 2.05) is 0 Å². The van der Waals surface area contributed by atoms with Crippen LogP contribution in [0, 0.1) is 23.3 Å². The molecule has 0 aliphatic heterocycles. The van der Waals surface area contributed by atoms with E-state index >= 15 is 0 Å².